The maximum atomic E-state index is 12.7. The Labute approximate surface area is 165 Å². The van der Waals surface area contributed by atoms with Gasteiger partial charge in [0.25, 0.3) is 0 Å². The van der Waals surface area contributed by atoms with Gasteiger partial charge in [-0.3, -0.25) is 4.79 Å². The number of benzene rings is 2. The zero-order valence-corrected chi connectivity index (χ0v) is 17.0. The van der Waals surface area contributed by atoms with Crippen LogP contribution in [0.1, 0.15) is 29.8 Å². The fourth-order valence-corrected chi connectivity index (χ4v) is 3.82. The monoisotopic (exact) mass is 404 g/mol. The smallest absolute Gasteiger partial charge is 0.337 e. The zero-order chi connectivity index (χ0) is 20.9. The van der Waals surface area contributed by atoms with Gasteiger partial charge in [-0.15, -0.1) is 0 Å². The molecule has 28 heavy (non-hydrogen) atoms. The van der Waals surface area contributed by atoms with Crippen LogP contribution in [0.25, 0.3) is 0 Å². The average Bonchev–Trinajstić information content (AvgIpc) is 2.66. The second-order valence-electron chi connectivity index (χ2n) is 6.71. The third-order valence-electron chi connectivity index (χ3n) is 4.14. The van der Waals surface area contributed by atoms with Gasteiger partial charge in [0, 0.05) is 5.69 Å². The molecule has 150 valence electrons. The molecule has 0 spiro atoms. The van der Waals surface area contributed by atoms with Crippen molar-refractivity contribution in [3.8, 4) is 0 Å². The van der Waals surface area contributed by atoms with E-state index in [-0.39, 0.29) is 10.8 Å². The molecule has 2 N–H and O–H groups in total. The Hall–Kier alpha value is -2.71. The second kappa shape index (κ2) is 8.99. The molecule has 0 saturated heterocycles. The van der Waals surface area contributed by atoms with Crippen molar-refractivity contribution in [3.05, 3.63) is 59.7 Å². The van der Waals surface area contributed by atoms with Gasteiger partial charge in [0.2, 0.25) is 15.9 Å². The van der Waals surface area contributed by atoms with E-state index in [9.17, 15) is 18.0 Å². The highest BCUT2D eigenvalue weighted by Crippen LogP contribution is 2.16. The molecular weight excluding hydrogens is 380 g/mol. The van der Waals surface area contributed by atoms with E-state index in [1.807, 2.05) is 6.92 Å². The molecule has 8 heteroatoms. The van der Waals surface area contributed by atoms with E-state index in [0.29, 0.717) is 11.3 Å². The largest absolute Gasteiger partial charge is 0.465 e. The number of carbonyl (C=O) groups is 2. The first-order chi connectivity index (χ1) is 13.1. The van der Waals surface area contributed by atoms with Crippen molar-refractivity contribution >= 4 is 27.6 Å². The van der Waals surface area contributed by atoms with E-state index in [4.69, 9.17) is 0 Å². The van der Waals surface area contributed by atoms with Crippen LogP contribution in [0.2, 0.25) is 0 Å². The average molecular weight is 404 g/mol. The van der Waals surface area contributed by atoms with Crippen LogP contribution in [0, 0.1) is 12.8 Å². The molecule has 2 rings (SSSR count). The number of methoxy groups -OCH3 is 1. The van der Waals surface area contributed by atoms with Gasteiger partial charge in [-0.2, -0.15) is 4.72 Å². The molecule has 0 bridgehead atoms. The molecule has 2 aromatic carbocycles. The predicted octanol–water partition coefficient (Wildman–Crippen LogP) is 2.72. The number of aryl methyl sites for hydroxylation is 1. The number of ether oxygens (including phenoxy) is 1. The molecule has 0 aliphatic rings. The third-order valence-corrected chi connectivity index (χ3v) is 5.59. The zero-order valence-electron chi connectivity index (χ0n) is 16.2. The van der Waals surface area contributed by atoms with Crippen molar-refractivity contribution < 1.29 is 22.7 Å². The fraction of sp³-hybridized carbons (Fsp3) is 0.300. The van der Waals surface area contributed by atoms with Crippen LogP contribution >= 0.6 is 0 Å². The molecule has 1 amide bonds. The molecule has 0 aliphatic carbocycles. The minimum atomic E-state index is -3.85. The lowest BCUT2D eigenvalue weighted by molar-refractivity contribution is -0.118. The summed E-state index contributed by atoms with van der Waals surface area (Å²) in [5.41, 5.74) is 1.73. The molecule has 1 atom stereocenters. The number of amides is 1. The lowest BCUT2D eigenvalue weighted by Crippen LogP contribution is -2.47. The van der Waals surface area contributed by atoms with Gasteiger partial charge in [0.1, 0.15) is 6.04 Å². The van der Waals surface area contributed by atoms with Gasteiger partial charge in [0.15, 0.2) is 0 Å². The Morgan fingerprint density at radius 2 is 1.54 bits per heavy atom. The van der Waals surface area contributed by atoms with Crippen molar-refractivity contribution in [2.24, 2.45) is 5.92 Å². The summed E-state index contributed by atoms with van der Waals surface area (Å²) in [6, 6.07) is 11.6. The van der Waals surface area contributed by atoms with Gasteiger partial charge in [0.05, 0.1) is 17.6 Å². The Kier molecular flexibility index (Phi) is 6.93. The molecule has 2 aromatic rings. The lowest BCUT2D eigenvalue weighted by Gasteiger charge is -2.21. The van der Waals surface area contributed by atoms with Gasteiger partial charge < -0.3 is 10.1 Å². The Morgan fingerprint density at radius 3 is 2.04 bits per heavy atom. The van der Waals surface area contributed by atoms with Crippen LogP contribution in [0.5, 0.6) is 0 Å². The predicted molar refractivity (Wildman–Crippen MR) is 107 cm³/mol. The maximum Gasteiger partial charge on any atom is 0.337 e. The number of anilines is 1. The van der Waals surface area contributed by atoms with Crippen LogP contribution in [0.15, 0.2) is 53.4 Å². The standard InChI is InChI=1S/C20H24N2O5S/c1-13(2)18(22-28(25,26)17-11-5-14(3)6-12-17)19(23)21-16-9-7-15(8-10-16)20(24)27-4/h5-13,18,22H,1-4H3,(H,21,23)/t18-/m1/s1. The van der Waals surface area contributed by atoms with E-state index >= 15 is 0 Å². The first kappa shape index (κ1) is 21.6. The first-order valence-corrected chi connectivity index (χ1v) is 10.2. The molecule has 0 fully saturated rings. The van der Waals surface area contributed by atoms with E-state index < -0.39 is 27.9 Å². The molecule has 7 nitrogen and oxygen atoms in total. The molecule has 0 unspecified atom stereocenters. The Bertz CT molecular complexity index is 936. The molecule has 0 radical (unpaired) electrons. The summed E-state index contributed by atoms with van der Waals surface area (Å²) in [6.45, 7) is 5.37. The quantitative estimate of drug-likeness (QED) is 0.691. The maximum absolute atomic E-state index is 12.7. The van der Waals surface area contributed by atoms with E-state index in [1.165, 1.54) is 31.4 Å². The van der Waals surface area contributed by atoms with Crippen molar-refractivity contribution in [1.29, 1.82) is 0 Å². The van der Waals surface area contributed by atoms with Crippen LogP contribution < -0.4 is 10.0 Å². The topological polar surface area (TPSA) is 102 Å². The number of esters is 1. The highest BCUT2D eigenvalue weighted by molar-refractivity contribution is 7.89. The minimum absolute atomic E-state index is 0.0963. The second-order valence-corrected chi connectivity index (χ2v) is 8.43. The summed E-state index contributed by atoms with van der Waals surface area (Å²) in [7, 11) is -2.57. The van der Waals surface area contributed by atoms with Crippen LogP contribution in [0.3, 0.4) is 0 Å². The van der Waals surface area contributed by atoms with Gasteiger partial charge in [-0.05, 0) is 49.2 Å². The van der Waals surface area contributed by atoms with Gasteiger partial charge >= 0.3 is 5.97 Å². The number of sulfonamides is 1. The Morgan fingerprint density at radius 1 is 0.964 bits per heavy atom. The molecule has 0 aromatic heterocycles. The van der Waals surface area contributed by atoms with Crippen LogP contribution in [-0.4, -0.2) is 33.4 Å². The molecule has 0 heterocycles. The van der Waals surface area contributed by atoms with Crippen molar-refractivity contribution in [3.63, 3.8) is 0 Å². The molecular formula is C20H24N2O5S. The highest BCUT2D eigenvalue weighted by Gasteiger charge is 2.28. The van der Waals surface area contributed by atoms with Crippen molar-refractivity contribution in [1.82, 2.24) is 4.72 Å². The number of hydrogen-bond acceptors (Lipinski definition) is 5. The number of hydrogen-bond donors (Lipinski definition) is 2. The summed E-state index contributed by atoms with van der Waals surface area (Å²) in [6.07, 6.45) is 0. The van der Waals surface area contributed by atoms with E-state index in [1.54, 1.807) is 38.1 Å². The van der Waals surface area contributed by atoms with Gasteiger partial charge in [-0.1, -0.05) is 31.5 Å². The first-order valence-electron chi connectivity index (χ1n) is 8.72. The molecule has 0 aliphatic heterocycles. The normalized spacial score (nSPS) is 12.5. The SMILES string of the molecule is COC(=O)c1ccc(NC(=O)[C@H](NS(=O)(=O)c2ccc(C)cc2)C(C)C)cc1. The molecule has 0 saturated carbocycles. The summed E-state index contributed by atoms with van der Waals surface area (Å²) in [5, 5.41) is 2.67. The van der Waals surface area contributed by atoms with Crippen molar-refractivity contribution in [2.75, 3.05) is 12.4 Å². The number of nitrogens with one attached hydrogen (secondary N) is 2. The highest BCUT2D eigenvalue weighted by atomic mass is 32.2. The van der Waals surface area contributed by atoms with E-state index in [2.05, 4.69) is 14.8 Å². The number of carbonyl (C=O) groups excluding carboxylic acids is 2. The van der Waals surface area contributed by atoms with Crippen LogP contribution in [0.4, 0.5) is 5.69 Å². The lowest BCUT2D eigenvalue weighted by atomic mass is 10.0. The third kappa shape index (κ3) is 5.40. The minimum Gasteiger partial charge on any atom is -0.465 e. The number of rotatable bonds is 7. The summed E-state index contributed by atoms with van der Waals surface area (Å²) in [5.74, 6) is -1.25. The fourth-order valence-electron chi connectivity index (χ4n) is 2.47. The van der Waals surface area contributed by atoms with Crippen LogP contribution in [-0.2, 0) is 19.6 Å². The summed E-state index contributed by atoms with van der Waals surface area (Å²) < 4.78 is 32.4. The summed E-state index contributed by atoms with van der Waals surface area (Å²) in [4.78, 5) is 24.2. The van der Waals surface area contributed by atoms with E-state index in [0.717, 1.165) is 5.56 Å². The van der Waals surface area contributed by atoms with Crippen molar-refractivity contribution in [2.45, 2.75) is 31.7 Å². The summed E-state index contributed by atoms with van der Waals surface area (Å²) >= 11 is 0. The Balaban J connectivity index is 2.15. The van der Waals surface area contributed by atoms with Gasteiger partial charge in [-0.25, -0.2) is 13.2 Å².